The van der Waals surface area contributed by atoms with Gasteiger partial charge in [0.2, 0.25) is 0 Å². The van der Waals surface area contributed by atoms with E-state index in [9.17, 15) is 0 Å². The summed E-state index contributed by atoms with van der Waals surface area (Å²) >= 11 is 0. The van der Waals surface area contributed by atoms with Gasteiger partial charge in [-0.1, -0.05) is 40.0 Å². The Morgan fingerprint density at radius 1 is 1.29 bits per heavy atom. The number of ether oxygens (including phenoxy) is 1. The van der Waals surface area contributed by atoms with Crippen LogP contribution in [0.15, 0.2) is 0 Å². The van der Waals surface area contributed by atoms with Crippen molar-refractivity contribution in [3.8, 4) is 0 Å². The maximum absolute atomic E-state index is 6.29. The molecule has 1 N–H and O–H groups in total. The number of hydrogen-bond acceptors (Lipinski definition) is 2. The van der Waals surface area contributed by atoms with Crippen LogP contribution in [0.5, 0.6) is 0 Å². The number of nitrogens with one attached hydrogen (secondary N) is 1. The van der Waals surface area contributed by atoms with E-state index in [1.54, 1.807) is 0 Å². The molecule has 3 atom stereocenters. The molecule has 3 unspecified atom stereocenters. The maximum Gasteiger partial charge on any atom is 0.0838 e. The highest BCUT2D eigenvalue weighted by Gasteiger charge is 2.44. The Bertz CT molecular complexity index is 241. The lowest BCUT2D eigenvalue weighted by atomic mass is 9.79. The van der Waals surface area contributed by atoms with Crippen molar-refractivity contribution in [3.05, 3.63) is 0 Å². The molecule has 1 saturated heterocycles. The molecule has 0 amide bonds. The Labute approximate surface area is 107 Å². The van der Waals surface area contributed by atoms with Gasteiger partial charge in [-0.2, -0.15) is 0 Å². The van der Waals surface area contributed by atoms with E-state index in [0.717, 1.165) is 19.1 Å². The van der Waals surface area contributed by atoms with Crippen molar-refractivity contribution in [3.63, 3.8) is 0 Å². The highest BCUT2D eigenvalue weighted by atomic mass is 16.5. The predicted octanol–water partition coefficient (Wildman–Crippen LogP) is 3.36. The molecule has 2 nitrogen and oxygen atoms in total. The van der Waals surface area contributed by atoms with Gasteiger partial charge in [0.05, 0.1) is 12.2 Å². The standard InChI is InChI=1S/C15H29NO/c1-4-13-6-5-8-15(9-7-13)14(12(2)3)16-10-11-17-15/h12-14,16H,4-11H2,1-3H3. The summed E-state index contributed by atoms with van der Waals surface area (Å²) in [7, 11) is 0. The zero-order valence-corrected chi connectivity index (χ0v) is 11.8. The van der Waals surface area contributed by atoms with Crippen LogP contribution >= 0.6 is 0 Å². The summed E-state index contributed by atoms with van der Waals surface area (Å²) in [4.78, 5) is 0. The minimum Gasteiger partial charge on any atom is -0.372 e. The maximum atomic E-state index is 6.29. The van der Waals surface area contributed by atoms with E-state index in [-0.39, 0.29) is 5.60 Å². The summed E-state index contributed by atoms with van der Waals surface area (Å²) in [5, 5.41) is 3.71. The van der Waals surface area contributed by atoms with Crippen molar-refractivity contribution in [1.29, 1.82) is 0 Å². The van der Waals surface area contributed by atoms with Gasteiger partial charge in [-0.15, -0.1) is 0 Å². The second kappa shape index (κ2) is 5.71. The largest absolute Gasteiger partial charge is 0.372 e. The van der Waals surface area contributed by atoms with Crippen molar-refractivity contribution in [2.75, 3.05) is 13.2 Å². The number of morpholine rings is 1. The summed E-state index contributed by atoms with van der Waals surface area (Å²) < 4.78 is 6.29. The Morgan fingerprint density at radius 3 is 2.82 bits per heavy atom. The molecule has 1 saturated carbocycles. The number of rotatable bonds is 2. The monoisotopic (exact) mass is 239 g/mol. The van der Waals surface area contributed by atoms with E-state index in [0.29, 0.717) is 12.0 Å². The third-order valence-electron chi connectivity index (χ3n) is 4.85. The average Bonchev–Trinajstić information content (AvgIpc) is 2.52. The lowest BCUT2D eigenvalue weighted by molar-refractivity contribution is -0.116. The topological polar surface area (TPSA) is 21.3 Å². The molecule has 1 spiro atoms. The van der Waals surface area contributed by atoms with Crippen molar-refractivity contribution >= 4 is 0 Å². The second-order valence-electron chi connectivity index (χ2n) is 6.29. The smallest absolute Gasteiger partial charge is 0.0838 e. The van der Waals surface area contributed by atoms with E-state index < -0.39 is 0 Å². The zero-order valence-electron chi connectivity index (χ0n) is 11.8. The Kier molecular flexibility index (Phi) is 4.48. The first-order chi connectivity index (χ1) is 8.18. The van der Waals surface area contributed by atoms with E-state index in [1.807, 2.05) is 0 Å². The van der Waals surface area contributed by atoms with Gasteiger partial charge in [0.1, 0.15) is 0 Å². The summed E-state index contributed by atoms with van der Waals surface area (Å²) in [6, 6.07) is 0.562. The molecule has 100 valence electrons. The second-order valence-corrected chi connectivity index (χ2v) is 6.29. The first kappa shape index (κ1) is 13.4. The van der Waals surface area contributed by atoms with Gasteiger partial charge in [0, 0.05) is 12.6 Å². The highest BCUT2D eigenvalue weighted by Crippen LogP contribution is 2.39. The van der Waals surface area contributed by atoms with Crippen LogP contribution in [-0.2, 0) is 4.74 Å². The number of hydrogen-bond donors (Lipinski definition) is 1. The van der Waals surface area contributed by atoms with Crippen molar-refractivity contribution in [1.82, 2.24) is 5.32 Å². The molecule has 0 radical (unpaired) electrons. The molecule has 1 aliphatic heterocycles. The molecule has 0 aromatic rings. The fraction of sp³-hybridized carbons (Fsp3) is 1.00. The molecule has 1 heterocycles. The minimum absolute atomic E-state index is 0.149. The van der Waals surface area contributed by atoms with Gasteiger partial charge in [-0.05, 0) is 31.1 Å². The van der Waals surface area contributed by atoms with Crippen LogP contribution < -0.4 is 5.32 Å². The molecule has 2 rings (SSSR count). The molecule has 2 heteroatoms. The molecular weight excluding hydrogens is 210 g/mol. The average molecular weight is 239 g/mol. The van der Waals surface area contributed by atoms with Gasteiger partial charge in [0.15, 0.2) is 0 Å². The first-order valence-corrected chi connectivity index (χ1v) is 7.55. The fourth-order valence-electron chi connectivity index (χ4n) is 3.86. The van der Waals surface area contributed by atoms with Gasteiger partial charge in [0.25, 0.3) is 0 Å². The summed E-state index contributed by atoms with van der Waals surface area (Å²) in [5.74, 6) is 1.61. The summed E-state index contributed by atoms with van der Waals surface area (Å²) in [5.41, 5.74) is 0.149. The minimum atomic E-state index is 0.149. The van der Waals surface area contributed by atoms with Crippen LogP contribution in [-0.4, -0.2) is 24.8 Å². The Balaban J connectivity index is 2.09. The molecule has 17 heavy (non-hydrogen) atoms. The van der Waals surface area contributed by atoms with E-state index >= 15 is 0 Å². The van der Waals surface area contributed by atoms with Crippen LogP contribution in [0, 0.1) is 11.8 Å². The van der Waals surface area contributed by atoms with Gasteiger partial charge in [-0.3, -0.25) is 0 Å². The van der Waals surface area contributed by atoms with Crippen molar-refractivity contribution in [2.24, 2.45) is 11.8 Å². The van der Waals surface area contributed by atoms with Crippen LogP contribution in [0.4, 0.5) is 0 Å². The van der Waals surface area contributed by atoms with E-state index in [4.69, 9.17) is 4.74 Å². The van der Waals surface area contributed by atoms with Gasteiger partial charge >= 0.3 is 0 Å². The molecule has 0 aromatic carbocycles. The molecule has 1 aliphatic carbocycles. The molecule has 0 aromatic heterocycles. The summed E-state index contributed by atoms with van der Waals surface area (Å²) in [6.45, 7) is 8.93. The zero-order chi connectivity index (χ0) is 12.3. The molecule has 0 bridgehead atoms. The van der Waals surface area contributed by atoms with Crippen molar-refractivity contribution in [2.45, 2.75) is 70.9 Å². The Hall–Kier alpha value is -0.0800. The third kappa shape index (κ3) is 2.85. The normalized spacial score (nSPS) is 39.5. The SMILES string of the molecule is CCC1CCCC2(CC1)OCCNC2C(C)C. The van der Waals surface area contributed by atoms with E-state index in [2.05, 4.69) is 26.1 Å². The van der Waals surface area contributed by atoms with Crippen LogP contribution in [0.3, 0.4) is 0 Å². The van der Waals surface area contributed by atoms with Crippen molar-refractivity contribution < 1.29 is 4.74 Å². The quantitative estimate of drug-likeness (QED) is 0.798. The highest BCUT2D eigenvalue weighted by molar-refractivity contribution is 4.99. The first-order valence-electron chi connectivity index (χ1n) is 7.55. The lowest BCUT2D eigenvalue weighted by Gasteiger charge is -2.46. The van der Waals surface area contributed by atoms with Crippen LogP contribution in [0.25, 0.3) is 0 Å². The molecule has 2 aliphatic rings. The van der Waals surface area contributed by atoms with E-state index in [1.165, 1.54) is 38.5 Å². The van der Waals surface area contributed by atoms with Gasteiger partial charge < -0.3 is 10.1 Å². The summed E-state index contributed by atoms with van der Waals surface area (Å²) in [6.07, 6.45) is 7.99. The fourth-order valence-corrected chi connectivity index (χ4v) is 3.86. The van der Waals surface area contributed by atoms with Crippen LogP contribution in [0.2, 0.25) is 0 Å². The lowest BCUT2D eigenvalue weighted by Crippen LogP contribution is -2.60. The third-order valence-corrected chi connectivity index (χ3v) is 4.85. The molecule has 2 fully saturated rings. The predicted molar refractivity (Wildman–Crippen MR) is 72.2 cm³/mol. The van der Waals surface area contributed by atoms with Gasteiger partial charge in [-0.25, -0.2) is 0 Å². The molecular formula is C15H29NO. The van der Waals surface area contributed by atoms with Crippen LogP contribution in [0.1, 0.15) is 59.3 Å². The Morgan fingerprint density at radius 2 is 2.12 bits per heavy atom.